The van der Waals surface area contributed by atoms with Crippen LogP contribution in [0.25, 0.3) is 0 Å². The molecular formula is C14H18N4O2. The molecule has 1 aromatic heterocycles. The quantitative estimate of drug-likeness (QED) is 0.835. The third kappa shape index (κ3) is 2.74. The monoisotopic (exact) mass is 274 g/mol. The molecule has 0 radical (unpaired) electrons. The molecule has 2 aromatic rings. The van der Waals surface area contributed by atoms with Crippen LogP contribution in [0.15, 0.2) is 24.4 Å². The molecule has 1 aromatic carbocycles. The van der Waals surface area contributed by atoms with Gasteiger partial charge < -0.3 is 15.8 Å². The topological polar surface area (TPSA) is 82.2 Å². The summed E-state index contributed by atoms with van der Waals surface area (Å²) < 4.78 is 7.09. The zero-order valence-corrected chi connectivity index (χ0v) is 11.8. The summed E-state index contributed by atoms with van der Waals surface area (Å²) in [5.41, 5.74) is 8.02. The number of carbonyl (C=O) groups is 1. The van der Waals surface area contributed by atoms with Gasteiger partial charge in [0, 0.05) is 18.9 Å². The molecule has 0 atom stereocenters. The van der Waals surface area contributed by atoms with Crippen LogP contribution in [0.5, 0.6) is 5.75 Å². The lowest BCUT2D eigenvalue weighted by Crippen LogP contribution is -2.16. The Balaban J connectivity index is 2.31. The van der Waals surface area contributed by atoms with E-state index in [9.17, 15) is 4.79 Å². The predicted molar refractivity (Wildman–Crippen MR) is 77.9 cm³/mol. The van der Waals surface area contributed by atoms with Crippen molar-refractivity contribution in [3.05, 3.63) is 35.7 Å². The van der Waals surface area contributed by atoms with E-state index in [1.165, 1.54) is 0 Å². The molecule has 20 heavy (non-hydrogen) atoms. The third-order valence-electron chi connectivity index (χ3n) is 2.85. The van der Waals surface area contributed by atoms with Crippen LogP contribution in [0.1, 0.15) is 23.0 Å². The number of hydrogen-bond acceptors (Lipinski definition) is 4. The number of anilines is 2. The minimum Gasteiger partial charge on any atom is -0.493 e. The van der Waals surface area contributed by atoms with Crippen molar-refractivity contribution in [2.45, 2.75) is 13.8 Å². The predicted octanol–water partition coefficient (Wildman–Crippen LogP) is 1.96. The van der Waals surface area contributed by atoms with E-state index in [2.05, 4.69) is 10.4 Å². The smallest absolute Gasteiger partial charge is 0.261 e. The first-order valence-corrected chi connectivity index (χ1v) is 6.35. The lowest BCUT2D eigenvalue weighted by Gasteiger charge is -2.12. The van der Waals surface area contributed by atoms with Gasteiger partial charge in [0.2, 0.25) is 0 Å². The highest BCUT2D eigenvalue weighted by Gasteiger charge is 2.17. The second-order valence-corrected chi connectivity index (χ2v) is 4.41. The molecule has 0 saturated carbocycles. The molecule has 0 aliphatic heterocycles. The Morgan fingerprint density at radius 1 is 1.50 bits per heavy atom. The van der Waals surface area contributed by atoms with E-state index in [1.807, 2.05) is 13.8 Å². The van der Waals surface area contributed by atoms with Crippen molar-refractivity contribution in [2.24, 2.45) is 7.05 Å². The van der Waals surface area contributed by atoms with E-state index >= 15 is 0 Å². The summed E-state index contributed by atoms with van der Waals surface area (Å²) in [4.78, 5) is 12.4. The Hall–Kier alpha value is -2.50. The first-order valence-electron chi connectivity index (χ1n) is 6.35. The summed E-state index contributed by atoms with van der Waals surface area (Å²) in [6, 6.07) is 5.16. The van der Waals surface area contributed by atoms with Crippen LogP contribution < -0.4 is 15.8 Å². The van der Waals surface area contributed by atoms with Gasteiger partial charge in [-0.1, -0.05) is 6.07 Å². The van der Waals surface area contributed by atoms with Gasteiger partial charge in [0.05, 0.1) is 18.0 Å². The highest BCUT2D eigenvalue weighted by Crippen LogP contribution is 2.26. The number of ether oxygens (including phenoxy) is 1. The van der Waals surface area contributed by atoms with Crippen molar-refractivity contribution in [3.8, 4) is 5.75 Å². The van der Waals surface area contributed by atoms with Crippen molar-refractivity contribution in [1.82, 2.24) is 9.78 Å². The molecule has 6 nitrogen and oxygen atoms in total. The molecule has 0 unspecified atom stereocenters. The largest absolute Gasteiger partial charge is 0.493 e. The van der Waals surface area contributed by atoms with Crippen molar-refractivity contribution in [3.63, 3.8) is 0 Å². The number of carbonyl (C=O) groups excluding carboxylic acids is 1. The minimum absolute atomic E-state index is 0.303. The van der Waals surface area contributed by atoms with Crippen molar-refractivity contribution in [1.29, 1.82) is 0 Å². The molecule has 0 fully saturated rings. The molecule has 0 spiro atoms. The lowest BCUT2D eigenvalue weighted by molar-refractivity contribution is 0.102. The van der Waals surface area contributed by atoms with Crippen LogP contribution in [0.2, 0.25) is 0 Å². The molecule has 6 heteroatoms. The Morgan fingerprint density at radius 2 is 2.25 bits per heavy atom. The molecule has 0 saturated heterocycles. The van der Waals surface area contributed by atoms with Crippen LogP contribution in [0.3, 0.4) is 0 Å². The van der Waals surface area contributed by atoms with Crippen molar-refractivity contribution < 1.29 is 9.53 Å². The highest BCUT2D eigenvalue weighted by atomic mass is 16.5. The van der Waals surface area contributed by atoms with E-state index in [1.54, 1.807) is 36.1 Å². The average molecular weight is 274 g/mol. The number of nitrogens with zero attached hydrogens (tertiary/aromatic N) is 2. The number of nitrogens with two attached hydrogens (primary N) is 1. The van der Waals surface area contributed by atoms with Gasteiger partial charge in [0.25, 0.3) is 5.91 Å². The van der Waals surface area contributed by atoms with Crippen molar-refractivity contribution >= 4 is 17.3 Å². The molecule has 3 N–H and O–H groups in total. The van der Waals surface area contributed by atoms with Gasteiger partial charge in [-0.25, -0.2) is 0 Å². The lowest BCUT2D eigenvalue weighted by atomic mass is 10.1. The van der Waals surface area contributed by atoms with Crippen LogP contribution >= 0.6 is 0 Å². The number of aromatic nitrogens is 2. The van der Waals surface area contributed by atoms with Crippen LogP contribution in [0, 0.1) is 6.92 Å². The first-order chi connectivity index (χ1) is 9.52. The number of nitrogens with one attached hydrogen (secondary N) is 1. The van der Waals surface area contributed by atoms with Gasteiger partial charge in [0.1, 0.15) is 11.3 Å². The molecule has 1 amide bonds. The second kappa shape index (κ2) is 5.64. The van der Waals surface area contributed by atoms with Crippen LogP contribution in [-0.4, -0.2) is 22.3 Å². The summed E-state index contributed by atoms with van der Waals surface area (Å²) in [6.07, 6.45) is 1.74. The maximum atomic E-state index is 12.4. The number of nitrogen functional groups attached to an aromatic ring is 1. The Labute approximate surface area is 117 Å². The maximum absolute atomic E-state index is 12.4. The molecule has 0 aliphatic rings. The maximum Gasteiger partial charge on any atom is 0.261 e. The molecule has 106 valence electrons. The van der Waals surface area contributed by atoms with Crippen molar-refractivity contribution in [2.75, 3.05) is 17.7 Å². The van der Waals surface area contributed by atoms with Gasteiger partial charge in [-0.3, -0.25) is 9.48 Å². The fourth-order valence-corrected chi connectivity index (χ4v) is 1.97. The number of hydrogen-bond donors (Lipinski definition) is 2. The SMILES string of the molecule is CCOc1cccc(N)c1C(=O)Nc1cn(C)nc1C. The van der Waals surface area contributed by atoms with E-state index in [0.29, 0.717) is 29.3 Å². The molecule has 0 aliphatic carbocycles. The van der Waals surface area contributed by atoms with Gasteiger partial charge in [0.15, 0.2) is 0 Å². The Kier molecular flexibility index (Phi) is 3.93. The van der Waals surface area contributed by atoms with E-state index in [4.69, 9.17) is 10.5 Å². The van der Waals surface area contributed by atoms with E-state index in [0.717, 1.165) is 5.69 Å². The number of rotatable bonds is 4. The molecular weight excluding hydrogens is 256 g/mol. The van der Waals surface area contributed by atoms with Gasteiger partial charge in [-0.2, -0.15) is 5.10 Å². The third-order valence-corrected chi connectivity index (χ3v) is 2.85. The summed E-state index contributed by atoms with van der Waals surface area (Å²) in [5.74, 6) is 0.175. The zero-order valence-electron chi connectivity index (χ0n) is 11.8. The number of amides is 1. The van der Waals surface area contributed by atoms with Crippen LogP contribution in [-0.2, 0) is 7.05 Å². The summed E-state index contributed by atoms with van der Waals surface area (Å²) in [5, 5.41) is 6.98. The fraction of sp³-hybridized carbons (Fsp3) is 0.286. The van der Waals surface area contributed by atoms with E-state index in [-0.39, 0.29) is 5.91 Å². The summed E-state index contributed by atoms with van der Waals surface area (Å²) in [6.45, 7) is 4.15. The minimum atomic E-state index is -0.303. The second-order valence-electron chi connectivity index (χ2n) is 4.41. The van der Waals surface area contributed by atoms with Gasteiger partial charge in [-0.05, 0) is 26.0 Å². The van der Waals surface area contributed by atoms with Crippen LogP contribution in [0.4, 0.5) is 11.4 Å². The molecule has 0 bridgehead atoms. The normalized spacial score (nSPS) is 10.3. The summed E-state index contributed by atoms with van der Waals surface area (Å²) >= 11 is 0. The molecule has 1 heterocycles. The average Bonchev–Trinajstić information content (AvgIpc) is 2.68. The van der Waals surface area contributed by atoms with Gasteiger partial charge >= 0.3 is 0 Å². The number of benzene rings is 1. The number of aryl methyl sites for hydroxylation is 2. The fourth-order valence-electron chi connectivity index (χ4n) is 1.97. The highest BCUT2D eigenvalue weighted by molar-refractivity contribution is 6.09. The van der Waals surface area contributed by atoms with E-state index < -0.39 is 0 Å². The summed E-state index contributed by atoms with van der Waals surface area (Å²) in [7, 11) is 1.80. The Bertz CT molecular complexity index is 634. The van der Waals surface area contributed by atoms with Gasteiger partial charge in [-0.15, -0.1) is 0 Å². The first kappa shape index (κ1) is 13.9. The standard InChI is InChI=1S/C14H18N4O2/c1-4-20-12-7-5-6-10(15)13(12)14(19)16-11-8-18(3)17-9(11)2/h5-8H,4,15H2,1-3H3,(H,16,19). The zero-order chi connectivity index (χ0) is 14.7. The Morgan fingerprint density at radius 3 is 2.85 bits per heavy atom. The molecule has 2 rings (SSSR count).